The van der Waals surface area contributed by atoms with Crippen molar-refractivity contribution in [3.63, 3.8) is 0 Å². The van der Waals surface area contributed by atoms with Crippen molar-refractivity contribution < 1.29 is 19.4 Å². The Labute approximate surface area is 265 Å². The molecule has 0 spiro atoms. The Hall–Kier alpha value is -3.87. The van der Waals surface area contributed by atoms with Crippen LogP contribution in [0.5, 0.6) is 11.8 Å². The minimum absolute atomic E-state index is 0.0200. The number of aliphatic hydroxyl groups excluding tert-OH is 1. The first-order valence-corrected chi connectivity index (χ1v) is 14.9. The average Bonchev–Trinajstić information content (AvgIpc) is 3.46. The zero-order chi connectivity index (χ0) is 31.1. The van der Waals surface area contributed by atoms with Gasteiger partial charge in [-0.3, -0.25) is 14.8 Å². The van der Waals surface area contributed by atoms with E-state index < -0.39 is 0 Å². The number of methoxy groups -OCH3 is 2. The van der Waals surface area contributed by atoms with E-state index in [4.69, 9.17) is 42.8 Å². The zero-order valence-electron chi connectivity index (χ0n) is 24.4. The molecule has 2 aromatic heterocycles. The minimum atomic E-state index is 0.0200. The lowest BCUT2D eigenvalue weighted by molar-refractivity contribution is -0.119. The maximum atomic E-state index is 11.5. The zero-order valence-corrected chi connectivity index (χ0v) is 25.9. The molecule has 230 valence electrons. The quantitative estimate of drug-likeness (QED) is 0.159. The fraction of sp³-hybridized carbons (Fsp3) is 0.323. The molecule has 4 aromatic rings. The second-order valence-corrected chi connectivity index (χ2v) is 10.8. The predicted molar refractivity (Wildman–Crippen MR) is 169 cm³/mol. The van der Waals surface area contributed by atoms with E-state index >= 15 is 0 Å². The number of hydrogen-bond acceptors (Lipinski definition) is 10. The number of carbonyl (C=O) groups is 1. The Balaban J connectivity index is 1.40. The first-order valence-electron chi connectivity index (χ1n) is 14.1. The van der Waals surface area contributed by atoms with Crippen LogP contribution in [-0.4, -0.2) is 70.9 Å². The van der Waals surface area contributed by atoms with Gasteiger partial charge in [0.05, 0.1) is 54.7 Å². The van der Waals surface area contributed by atoms with E-state index in [1.165, 1.54) is 7.11 Å². The van der Waals surface area contributed by atoms with Gasteiger partial charge in [-0.2, -0.15) is 0 Å². The SMILES string of the molecule is COc1nc(-c2cccc(-c3cccc(-c4cnc(CNCC5CCC(=O)N5)c(OC)n4)c3Cl)c2Cl)cnc1CNCCO. The Bertz CT molecular complexity index is 1640. The molecule has 4 N–H and O–H groups in total. The highest BCUT2D eigenvalue weighted by Crippen LogP contribution is 2.42. The Morgan fingerprint density at radius 3 is 1.86 bits per heavy atom. The van der Waals surface area contributed by atoms with Gasteiger partial charge in [0, 0.05) is 60.9 Å². The first kappa shape index (κ1) is 31.6. The summed E-state index contributed by atoms with van der Waals surface area (Å²) in [5.74, 6) is 0.831. The van der Waals surface area contributed by atoms with Crippen molar-refractivity contribution in [2.75, 3.05) is 33.9 Å². The van der Waals surface area contributed by atoms with Gasteiger partial charge in [-0.25, -0.2) is 9.97 Å². The summed E-state index contributed by atoms with van der Waals surface area (Å²) < 4.78 is 11.0. The van der Waals surface area contributed by atoms with Gasteiger partial charge in [0.2, 0.25) is 17.7 Å². The summed E-state index contributed by atoms with van der Waals surface area (Å²) in [5.41, 5.74) is 5.13. The smallest absolute Gasteiger partial charge is 0.237 e. The summed E-state index contributed by atoms with van der Waals surface area (Å²) in [5, 5.41) is 19.3. The number of amides is 1. The van der Waals surface area contributed by atoms with E-state index in [2.05, 4.69) is 30.9 Å². The summed E-state index contributed by atoms with van der Waals surface area (Å²) in [6.07, 6.45) is 4.68. The normalized spacial score (nSPS) is 14.5. The fourth-order valence-corrected chi connectivity index (χ4v) is 5.63. The van der Waals surface area contributed by atoms with Crippen LogP contribution in [0, 0.1) is 0 Å². The molecule has 1 fully saturated rings. The molecule has 1 saturated heterocycles. The number of nitrogens with one attached hydrogen (secondary N) is 3. The van der Waals surface area contributed by atoms with E-state index in [0.29, 0.717) is 99.4 Å². The highest BCUT2D eigenvalue weighted by molar-refractivity contribution is 6.39. The molecule has 1 atom stereocenters. The maximum Gasteiger partial charge on any atom is 0.237 e. The van der Waals surface area contributed by atoms with E-state index in [1.54, 1.807) is 19.5 Å². The molecule has 5 rings (SSSR count). The van der Waals surface area contributed by atoms with E-state index in [1.807, 2.05) is 36.4 Å². The molecule has 0 radical (unpaired) electrons. The number of ether oxygens (including phenoxy) is 2. The topological polar surface area (TPSA) is 143 Å². The summed E-state index contributed by atoms with van der Waals surface area (Å²) in [4.78, 5) is 29.9. The standard InChI is InChI=1S/C31H33Cl2N7O4/c1-43-30-25(14-34-11-12-41)36-16-23(39-30)21-7-3-5-19(28(21)32)20-6-4-8-22(29(20)33)24-17-37-26(31(40-24)44-2)15-35-13-18-9-10-27(42)38-18/h3-8,16-18,34-35,41H,9-15H2,1-2H3,(H,38,42). The highest BCUT2D eigenvalue weighted by Gasteiger charge is 2.21. The van der Waals surface area contributed by atoms with E-state index in [9.17, 15) is 4.79 Å². The van der Waals surface area contributed by atoms with E-state index in [0.717, 1.165) is 6.42 Å². The van der Waals surface area contributed by atoms with Gasteiger partial charge in [0.25, 0.3) is 0 Å². The second-order valence-electron chi connectivity index (χ2n) is 10.1. The first-order chi connectivity index (χ1) is 21.4. The number of hydrogen-bond donors (Lipinski definition) is 4. The van der Waals surface area contributed by atoms with Crippen molar-refractivity contribution in [3.8, 4) is 45.4 Å². The van der Waals surface area contributed by atoms with Crippen molar-refractivity contribution in [2.45, 2.75) is 32.0 Å². The molecule has 11 nitrogen and oxygen atoms in total. The minimum Gasteiger partial charge on any atom is -0.480 e. The summed E-state index contributed by atoms with van der Waals surface area (Å²) in [7, 11) is 3.08. The lowest BCUT2D eigenvalue weighted by Crippen LogP contribution is -2.35. The summed E-state index contributed by atoms with van der Waals surface area (Å²) >= 11 is 14.0. The van der Waals surface area contributed by atoms with Crippen LogP contribution in [0.4, 0.5) is 0 Å². The molecule has 1 amide bonds. The Kier molecular flexibility index (Phi) is 10.6. The van der Waals surface area contributed by atoms with Gasteiger partial charge in [-0.15, -0.1) is 0 Å². The third-order valence-corrected chi connectivity index (χ3v) is 8.01. The third-order valence-electron chi connectivity index (χ3n) is 7.20. The van der Waals surface area contributed by atoms with Crippen LogP contribution in [-0.2, 0) is 17.9 Å². The van der Waals surface area contributed by atoms with Gasteiger partial charge >= 0.3 is 0 Å². The lowest BCUT2D eigenvalue weighted by atomic mass is 9.98. The van der Waals surface area contributed by atoms with Crippen molar-refractivity contribution in [1.82, 2.24) is 35.9 Å². The number of aromatic nitrogens is 4. The monoisotopic (exact) mass is 637 g/mol. The number of halogens is 2. The number of carbonyl (C=O) groups excluding carboxylic acids is 1. The molecule has 13 heteroatoms. The van der Waals surface area contributed by atoms with Gasteiger partial charge in [-0.05, 0) is 6.42 Å². The van der Waals surface area contributed by atoms with Gasteiger partial charge in [0.1, 0.15) is 11.4 Å². The van der Waals surface area contributed by atoms with Crippen molar-refractivity contribution in [2.24, 2.45) is 0 Å². The van der Waals surface area contributed by atoms with Gasteiger partial charge in [0.15, 0.2) is 0 Å². The van der Waals surface area contributed by atoms with Crippen LogP contribution in [0.1, 0.15) is 24.2 Å². The van der Waals surface area contributed by atoms with E-state index in [-0.39, 0.29) is 18.6 Å². The average molecular weight is 639 g/mol. The molecule has 1 aliphatic rings. The lowest BCUT2D eigenvalue weighted by Gasteiger charge is -2.15. The van der Waals surface area contributed by atoms with Crippen molar-refractivity contribution in [3.05, 3.63) is 70.2 Å². The number of aliphatic hydroxyl groups is 1. The van der Waals surface area contributed by atoms with Gasteiger partial charge < -0.3 is 30.5 Å². The second kappa shape index (κ2) is 14.7. The molecular weight excluding hydrogens is 605 g/mol. The molecule has 2 aromatic carbocycles. The summed E-state index contributed by atoms with van der Waals surface area (Å²) in [6.45, 7) is 1.93. The van der Waals surface area contributed by atoms with Crippen molar-refractivity contribution >= 4 is 29.1 Å². The number of nitrogens with zero attached hydrogens (tertiary/aromatic N) is 4. The van der Waals surface area contributed by atoms with Gasteiger partial charge in [-0.1, -0.05) is 59.6 Å². The maximum absolute atomic E-state index is 11.5. The molecule has 0 saturated carbocycles. The van der Waals surface area contributed by atoms with Crippen LogP contribution in [0.3, 0.4) is 0 Å². The largest absolute Gasteiger partial charge is 0.480 e. The Morgan fingerprint density at radius 2 is 1.39 bits per heavy atom. The van der Waals surface area contributed by atoms with Crippen LogP contribution in [0.15, 0.2) is 48.8 Å². The third kappa shape index (κ3) is 7.09. The number of benzene rings is 2. The molecule has 3 heterocycles. The molecule has 0 bridgehead atoms. The molecule has 0 aliphatic carbocycles. The molecule has 44 heavy (non-hydrogen) atoms. The van der Waals surface area contributed by atoms with Crippen LogP contribution in [0.25, 0.3) is 33.6 Å². The Morgan fingerprint density at radius 1 is 0.864 bits per heavy atom. The van der Waals surface area contributed by atoms with Crippen molar-refractivity contribution in [1.29, 1.82) is 0 Å². The molecule has 1 aliphatic heterocycles. The molecule has 1 unspecified atom stereocenters. The highest BCUT2D eigenvalue weighted by atomic mass is 35.5. The van der Waals surface area contributed by atoms with Crippen LogP contribution < -0.4 is 25.4 Å². The van der Waals surface area contributed by atoms with Crippen LogP contribution in [0.2, 0.25) is 10.0 Å². The number of rotatable bonds is 13. The fourth-order valence-electron chi connectivity index (χ4n) is 4.98. The summed E-state index contributed by atoms with van der Waals surface area (Å²) in [6, 6.07) is 11.4. The predicted octanol–water partition coefficient (Wildman–Crippen LogP) is 4.04. The molecular formula is C31H33Cl2N7O4. The van der Waals surface area contributed by atoms with Crippen LogP contribution >= 0.6 is 23.2 Å².